The fourth-order valence-corrected chi connectivity index (χ4v) is 14.7. The maximum absolute atomic E-state index is 2.64. The van der Waals surface area contributed by atoms with Crippen LogP contribution < -0.4 is 20.7 Å². The number of hydrogen-bond acceptors (Lipinski definition) is 0. The van der Waals surface area contributed by atoms with E-state index in [4.69, 9.17) is 0 Å². The van der Waals surface area contributed by atoms with Crippen molar-refractivity contribution in [3.63, 3.8) is 0 Å². The fraction of sp³-hybridized carbons (Fsp3) is 0.0213. The van der Waals surface area contributed by atoms with E-state index in [0.29, 0.717) is 0 Å². The van der Waals surface area contributed by atoms with Crippen molar-refractivity contribution in [2.75, 3.05) is 0 Å². The van der Waals surface area contributed by atoms with Gasteiger partial charge in [0.15, 0.2) is 8.07 Å². The van der Waals surface area contributed by atoms with Crippen molar-refractivity contribution < 1.29 is 0 Å². The highest BCUT2D eigenvalue weighted by Crippen LogP contribution is 2.51. The van der Waals surface area contributed by atoms with E-state index >= 15 is 0 Å². The Hall–Kier alpha value is -5.76. The van der Waals surface area contributed by atoms with E-state index in [1.165, 1.54) is 97.2 Å². The zero-order chi connectivity index (χ0) is 31.4. The zero-order valence-corrected chi connectivity index (χ0v) is 27.4. The molecule has 0 atom stereocenters. The van der Waals surface area contributed by atoms with Crippen molar-refractivity contribution in [3.05, 3.63) is 181 Å². The highest BCUT2D eigenvalue weighted by molar-refractivity contribution is 7.22. The van der Waals surface area contributed by atoms with Crippen LogP contribution in [-0.4, -0.2) is 8.07 Å². The maximum atomic E-state index is 2.64. The average Bonchev–Trinajstić information content (AvgIpc) is 3.68. The van der Waals surface area contributed by atoms with Crippen LogP contribution >= 0.6 is 0 Å². The van der Waals surface area contributed by atoms with Crippen LogP contribution in [0.25, 0.3) is 65.3 Å². The Morgan fingerprint density at radius 2 is 0.854 bits per heavy atom. The third kappa shape index (κ3) is 3.24. The van der Waals surface area contributed by atoms with Crippen LogP contribution in [0, 0.1) is 0 Å². The molecule has 0 nitrogen and oxygen atoms in total. The van der Waals surface area contributed by atoms with Gasteiger partial charge in [-0.25, -0.2) is 0 Å². The second kappa shape index (κ2) is 9.64. The van der Waals surface area contributed by atoms with Crippen LogP contribution in [0.1, 0.15) is 11.1 Å². The van der Waals surface area contributed by atoms with Crippen molar-refractivity contribution in [2.24, 2.45) is 0 Å². The SMILES string of the molecule is c1ccc([Si]2(c3ccccc3)c3ccccc3-c3cc4c(cc32)-c2c(c3c5ccccc5c5ccccc5c3c3ccccc23)C4)cc1. The highest BCUT2D eigenvalue weighted by Gasteiger charge is 2.49. The van der Waals surface area contributed by atoms with E-state index in [1.54, 1.807) is 0 Å². The van der Waals surface area contributed by atoms with Crippen LogP contribution in [-0.2, 0) is 6.42 Å². The first-order valence-corrected chi connectivity index (χ1v) is 19.0. The van der Waals surface area contributed by atoms with E-state index in [-0.39, 0.29) is 0 Å². The van der Waals surface area contributed by atoms with Gasteiger partial charge in [0.05, 0.1) is 0 Å². The Bertz CT molecular complexity index is 2750. The molecule has 222 valence electrons. The molecule has 1 heteroatoms. The topological polar surface area (TPSA) is 0 Å². The molecule has 0 radical (unpaired) electrons. The summed E-state index contributed by atoms with van der Waals surface area (Å²) in [6.45, 7) is 0. The van der Waals surface area contributed by atoms with Crippen molar-refractivity contribution >= 4 is 71.9 Å². The number of hydrogen-bond donors (Lipinski definition) is 0. The Morgan fingerprint density at radius 1 is 0.354 bits per heavy atom. The summed E-state index contributed by atoms with van der Waals surface area (Å²) in [6, 6.07) is 64.5. The standard InChI is InChI=1S/C47H30Si/c1-3-15-31(16-4-1)48(32-17-5-2-6-18-32)43-26-14-13-21-35(43)41-27-30-28-42-45(40(30)29-44(41)48)38-24-11-12-25-39(38)46-36-22-9-7-19-33(36)34-20-8-10-23-37(34)47(42)46/h1-27,29H,28H2. The van der Waals surface area contributed by atoms with E-state index in [2.05, 4.69) is 170 Å². The summed E-state index contributed by atoms with van der Waals surface area (Å²) >= 11 is 0. The number of rotatable bonds is 2. The molecule has 1 heterocycles. The molecule has 0 amide bonds. The van der Waals surface area contributed by atoms with Crippen molar-refractivity contribution in [1.82, 2.24) is 0 Å². The van der Waals surface area contributed by atoms with E-state index in [1.807, 2.05) is 0 Å². The van der Waals surface area contributed by atoms with Crippen LogP contribution in [0.4, 0.5) is 0 Å². The third-order valence-corrected chi connectivity index (χ3v) is 16.2. The monoisotopic (exact) mass is 622 g/mol. The Kier molecular flexibility index (Phi) is 5.28. The summed E-state index contributed by atoms with van der Waals surface area (Å²) in [5, 5.41) is 16.8. The molecule has 9 aromatic carbocycles. The third-order valence-electron chi connectivity index (χ3n) is 11.3. The van der Waals surface area contributed by atoms with Crippen LogP contribution in [0.5, 0.6) is 0 Å². The Labute approximate surface area is 280 Å². The number of fused-ring (bicyclic) bond motifs is 16. The quantitative estimate of drug-likeness (QED) is 0.133. The van der Waals surface area contributed by atoms with Crippen molar-refractivity contribution in [2.45, 2.75) is 6.42 Å². The zero-order valence-electron chi connectivity index (χ0n) is 26.4. The summed E-state index contributed by atoms with van der Waals surface area (Å²) in [6.07, 6.45) is 0.939. The van der Waals surface area contributed by atoms with Gasteiger partial charge in [0.25, 0.3) is 0 Å². The van der Waals surface area contributed by atoms with Crippen LogP contribution in [0.15, 0.2) is 170 Å². The van der Waals surface area contributed by atoms with E-state index < -0.39 is 8.07 Å². The van der Waals surface area contributed by atoms with Crippen molar-refractivity contribution in [3.8, 4) is 22.3 Å². The molecule has 0 bridgehead atoms. The van der Waals surface area contributed by atoms with Crippen LogP contribution in [0.3, 0.4) is 0 Å². The first-order valence-electron chi connectivity index (χ1n) is 17.0. The summed E-state index contributed by atoms with van der Waals surface area (Å²) in [7, 11) is -2.59. The normalized spacial score (nSPS) is 13.9. The predicted molar refractivity (Wildman–Crippen MR) is 207 cm³/mol. The molecule has 0 saturated heterocycles. The molecule has 11 rings (SSSR count). The lowest BCUT2D eigenvalue weighted by atomic mass is 9.85. The van der Waals surface area contributed by atoms with Gasteiger partial charge in [-0.15, -0.1) is 0 Å². The smallest absolute Gasteiger partial charge is 0.0623 e. The molecule has 0 spiro atoms. The molecule has 0 unspecified atom stereocenters. The lowest BCUT2D eigenvalue weighted by Gasteiger charge is -2.31. The van der Waals surface area contributed by atoms with Gasteiger partial charge in [-0.2, -0.15) is 0 Å². The average molecular weight is 623 g/mol. The first-order chi connectivity index (χ1) is 23.8. The van der Waals surface area contributed by atoms with E-state index in [0.717, 1.165) is 6.42 Å². The van der Waals surface area contributed by atoms with Crippen LogP contribution in [0.2, 0.25) is 0 Å². The largest absolute Gasteiger partial charge is 0.180 e. The molecule has 1 aliphatic carbocycles. The van der Waals surface area contributed by atoms with Gasteiger partial charge in [-0.1, -0.05) is 170 Å². The van der Waals surface area contributed by atoms with Gasteiger partial charge in [0, 0.05) is 0 Å². The molecule has 9 aromatic rings. The molecule has 1 aliphatic heterocycles. The lowest BCUT2D eigenvalue weighted by Crippen LogP contribution is -2.72. The second-order valence-electron chi connectivity index (χ2n) is 13.5. The van der Waals surface area contributed by atoms with Gasteiger partial charge in [-0.05, 0) is 104 Å². The minimum atomic E-state index is -2.59. The van der Waals surface area contributed by atoms with Gasteiger partial charge >= 0.3 is 0 Å². The molecular formula is C47H30Si. The van der Waals surface area contributed by atoms with Gasteiger partial charge in [0.2, 0.25) is 0 Å². The maximum Gasteiger partial charge on any atom is 0.180 e. The lowest BCUT2D eigenvalue weighted by molar-refractivity contribution is 1.29. The first kappa shape index (κ1) is 26.3. The molecule has 0 saturated carbocycles. The molecule has 0 N–H and O–H groups in total. The van der Waals surface area contributed by atoms with Gasteiger partial charge in [0.1, 0.15) is 0 Å². The van der Waals surface area contributed by atoms with Gasteiger partial charge < -0.3 is 0 Å². The highest BCUT2D eigenvalue weighted by atomic mass is 28.3. The summed E-state index contributed by atoms with van der Waals surface area (Å²) < 4.78 is 0. The van der Waals surface area contributed by atoms with Crippen molar-refractivity contribution in [1.29, 1.82) is 0 Å². The predicted octanol–water partition coefficient (Wildman–Crippen LogP) is 9.23. The minimum Gasteiger partial charge on any atom is -0.0623 e. The van der Waals surface area contributed by atoms with Gasteiger partial charge in [-0.3, -0.25) is 0 Å². The second-order valence-corrected chi connectivity index (χ2v) is 17.2. The summed E-state index contributed by atoms with van der Waals surface area (Å²) in [5.74, 6) is 0. The molecule has 2 aliphatic rings. The Balaban J connectivity index is 1.31. The van der Waals surface area contributed by atoms with E-state index in [9.17, 15) is 0 Å². The molecule has 0 fully saturated rings. The molecule has 0 aromatic heterocycles. The fourth-order valence-electron chi connectivity index (χ4n) is 9.53. The summed E-state index contributed by atoms with van der Waals surface area (Å²) in [5.41, 5.74) is 8.58. The summed E-state index contributed by atoms with van der Waals surface area (Å²) in [4.78, 5) is 0. The molecular weight excluding hydrogens is 593 g/mol. The minimum absolute atomic E-state index is 0.939. The Morgan fingerprint density at radius 3 is 1.50 bits per heavy atom. The molecule has 48 heavy (non-hydrogen) atoms. The number of benzene rings is 9.